The fourth-order valence-corrected chi connectivity index (χ4v) is 1.90. The largest absolute Gasteiger partial charge is 0.342 e. The molecule has 1 heterocycles. The Labute approximate surface area is 86.6 Å². The van der Waals surface area contributed by atoms with E-state index in [4.69, 9.17) is 5.73 Å². The van der Waals surface area contributed by atoms with Gasteiger partial charge in [-0.1, -0.05) is 13.8 Å². The van der Waals surface area contributed by atoms with E-state index in [1.165, 1.54) is 6.42 Å². The monoisotopic (exact) mass is 198 g/mol. The van der Waals surface area contributed by atoms with Gasteiger partial charge in [0.1, 0.15) is 0 Å². The number of hydrogen-bond donors (Lipinski definition) is 1. The van der Waals surface area contributed by atoms with Gasteiger partial charge in [0.15, 0.2) is 0 Å². The van der Waals surface area contributed by atoms with Gasteiger partial charge >= 0.3 is 0 Å². The molecule has 0 aromatic rings. The molecule has 3 heteroatoms. The van der Waals surface area contributed by atoms with Crippen molar-refractivity contribution in [3.05, 3.63) is 0 Å². The predicted octanol–water partition coefficient (Wildman–Crippen LogP) is 1.23. The van der Waals surface area contributed by atoms with Gasteiger partial charge < -0.3 is 10.6 Å². The van der Waals surface area contributed by atoms with E-state index in [1.54, 1.807) is 0 Å². The Morgan fingerprint density at radius 3 is 2.86 bits per heavy atom. The normalized spacial score (nSPS) is 25.6. The number of carbonyl (C=O) groups excluding carboxylic acids is 1. The van der Waals surface area contributed by atoms with Gasteiger partial charge in [0.2, 0.25) is 5.91 Å². The Balaban J connectivity index is 2.47. The molecule has 2 atom stereocenters. The summed E-state index contributed by atoms with van der Waals surface area (Å²) in [4.78, 5) is 13.8. The molecule has 0 aromatic heterocycles. The van der Waals surface area contributed by atoms with Crippen LogP contribution < -0.4 is 5.73 Å². The highest BCUT2D eigenvalue weighted by atomic mass is 16.2. The Kier molecular flexibility index (Phi) is 4.39. The minimum absolute atomic E-state index is 0.0107. The van der Waals surface area contributed by atoms with Crippen LogP contribution in [0.2, 0.25) is 0 Å². The fourth-order valence-electron chi connectivity index (χ4n) is 1.90. The molecule has 2 unspecified atom stereocenters. The first-order chi connectivity index (χ1) is 6.65. The molecule has 0 aromatic carbocycles. The van der Waals surface area contributed by atoms with E-state index >= 15 is 0 Å². The van der Waals surface area contributed by atoms with Gasteiger partial charge in [-0.2, -0.15) is 0 Å². The summed E-state index contributed by atoms with van der Waals surface area (Å²) in [7, 11) is 0. The molecule has 1 rings (SSSR count). The Morgan fingerprint density at radius 1 is 1.50 bits per heavy atom. The van der Waals surface area contributed by atoms with E-state index in [0.717, 1.165) is 31.8 Å². The third-order valence-electron chi connectivity index (χ3n) is 3.10. The highest BCUT2D eigenvalue weighted by molar-refractivity contribution is 5.78. The lowest BCUT2D eigenvalue weighted by Gasteiger charge is -2.23. The Morgan fingerprint density at radius 2 is 2.21 bits per heavy atom. The molecule has 3 nitrogen and oxygen atoms in total. The molecule has 14 heavy (non-hydrogen) atoms. The topological polar surface area (TPSA) is 46.3 Å². The first kappa shape index (κ1) is 11.5. The highest BCUT2D eigenvalue weighted by Gasteiger charge is 2.21. The van der Waals surface area contributed by atoms with Crippen molar-refractivity contribution in [2.75, 3.05) is 19.6 Å². The predicted molar refractivity (Wildman–Crippen MR) is 57.8 cm³/mol. The van der Waals surface area contributed by atoms with Crippen LogP contribution in [0.3, 0.4) is 0 Å². The summed E-state index contributed by atoms with van der Waals surface area (Å²) in [6.45, 7) is 6.49. The minimum Gasteiger partial charge on any atom is -0.342 e. The third-order valence-corrected chi connectivity index (χ3v) is 3.10. The lowest BCUT2D eigenvalue weighted by molar-refractivity contribution is -0.134. The van der Waals surface area contributed by atoms with Crippen LogP contribution in [-0.2, 0) is 4.79 Å². The lowest BCUT2D eigenvalue weighted by atomic mass is 10.0. The molecule has 0 aliphatic carbocycles. The second kappa shape index (κ2) is 5.35. The molecule has 1 aliphatic rings. The quantitative estimate of drug-likeness (QED) is 0.725. The van der Waals surface area contributed by atoms with Crippen molar-refractivity contribution in [3.8, 4) is 0 Å². The number of amides is 1. The van der Waals surface area contributed by atoms with E-state index in [1.807, 2.05) is 11.8 Å². The van der Waals surface area contributed by atoms with Crippen LogP contribution in [-0.4, -0.2) is 30.4 Å². The molecule has 1 amide bonds. The zero-order valence-electron chi connectivity index (χ0n) is 9.33. The van der Waals surface area contributed by atoms with Crippen molar-refractivity contribution in [2.45, 2.75) is 33.1 Å². The van der Waals surface area contributed by atoms with E-state index in [0.29, 0.717) is 6.54 Å². The third kappa shape index (κ3) is 2.98. The van der Waals surface area contributed by atoms with E-state index < -0.39 is 0 Å². The fraction of sp³-hybridized carbons (Fsp3) is 0.909. The summed E-state index contributed by atoms with van der Waals surface area (Å²) in [5.74, 6) is 0.992. The molecule has 82 valence electrons. The van der Waals surface area contributed by atoms with Gasteiger partial charge in [0.05, 0.1) is 0 Å². The van der Waals surface area contributed by atoms with Crippen molar-refractivity contribution < 1.29 is 4.79 Å². The summed E-state index contributed by atoms with van der Waals surface area (Å²) in [5, 5.41) is 0. The van der Waals surface area contributed by atoms with Crippen LogP contribution in [0.1, 0.15) is 33.1 Å². The summed E-state index contributed by atoms with van der Waals surface area (Å²) < 4.78 is 0. The van der Waals surface area contributed by atoms with E-state index in [2.05, 4.69) is 6.92 Å². The molecular formula is C11H22N2O. The Hall–Kier alpha value is -0.570. The van der Waals surface area contributed by atoms with Gasteiger partial charge in [0, 0.05) is 25.6 Å². The van der Waals surface area contributed by atoms with Gasteiger partial charge in [-0.25, -0.2) is 0 Å². The smallest absolute Gasteiger partial charge is 0.226 e. The molecular weight excluding hydrogens is 176 g/mol. The molecule has 0 spiro atoms. The molecule has 2 N–H and O–H groups in total. The summed E-state index contributed by atoms with van der Waals surface area (Å²) >= 11 is 0. The second-order valence-electron chi connectivity index (χ2n) is 4.50. The molecule has 0 bridgehead atoms. The maximum absolute atomic E-state index is 11.8. The van der Waals surface area contributed by atoms with Crippen LogP contribution >= 0.6 is 0 Å². The van der Waals surface area contributed by atoms with Gasteiger partial charge in [-0.05, 0) is 25.2 Å². The van der Waals surface area contributed by atoms with Crippen molar-refractivity contribution in [1.29, 1.82) is 0 Å². The highest BCUT2D eigenvalue weighted by Crippen LogP contribution is 2.17. The Bertz CT molecular complexity index is 194. The summed E-state index contributed by atoms with van der Waals surface area (Å²) in [6, 6.07) is 0. The second-order valence-corrected chi connectivity index (χ2v) is 4.50. The summed E-state index contributed by atoms with van der Waals surface area (Å²) in [6.07, 6.45) is 3.54. The number of carbonyl (C=O) groups is 1. The van der Waals surface area contributed by atoms with Crippen molar-refractivity contribution in [2.24, 2.45) is 17.6 Å². The van der Waals surface area contributed by atoms with Crippen LogP contribution in [0.25, 0.3) is 0 Å². The zero-order valence-corrected chi connectivity index (χ0v) is 9.33. The number of hydrogen-bond acceptors (Lipinski definition) is 2. The van der Waals surface area contributed by atoms with Gasteiger partial charge in [-0.15, -0.1) is 0 Å². The number of nitrogens with zero attached hydrogens (tertiary/aromatic N) is 1. The molecule has 1 saturated heterocycles. The number of nitrogens with two attached hydrogens (primary N) is 1. The van der Waals surface area contributed by atoms with E-state index in [-0.39, 0.29) is 11.8 Å². The SMILES string of the molecule is CC1CCCN(C(=O)C(C)CN)CC1. The van der Waals surface area contributed by atoms with Crippen LogP contribution in [0.4, 0.5) is 0 Å². The van der Waals surface area contributed by atoms with Crippen molar-refractivity contribution in [3.63, 3.8) is 0 Å². The zero-order chi connectivity index (χ0) is 10.6. The lowest BCUT2D eigenvalue weighted by Crippen LogP contribution is -2.38. The first-order valence-corrected chi connectivity index (χ1v) is 5.64. The number of rotatable bonds is 2. The molecule has 1 fully saturated rings. The average Bonchev–Trinajstić information content (AvgIpc) is 2.40. The molecule has 1 aliphatic heterocycles. The maximum Gasteiger partial charge on any atom is 0.226 e. The van der Waals surface area contributed by atoms with Crippen molar-refractivity contribution >= 4 is 5.91 Å². The van der Waals surface area contributed by atoms with E-state index in [9.17, 15) is 4.79 Å². The van der Waals surface area contributed by atoms with Gasteiger partial charge in [0.25, 0.3) is 0 Å². The minimum atomic E-state index is -0.0107. The van der Waals surface area contributed by atoms with Crippen LogP contribution in [0.15, 0.2) is 0 Å². The molecule has 0 radical (unpaired) electrons. The van der Waals surface area contributed by atoms with Crippen LogP contribution in [0, 0.1) is 11.8 Å². The molecule has 0 saturated carbocycles. The maximum atomic E-state index is 11.8. The van der Waals surface area contributed by atoms with Crippen LogP contribution in [0.5, 0.6) is 0 Å². The number of likely N-dealkylation sites (tertiary alicyclic amines) is 1. The van der Waals surface area contributed by atoms with Gasteiger partial charge in [-0.3, -0.25) is 4.79 Å². The summed E-state index contributed by atoms with van der Waals surface area (Å²) in [5.41, 5.74) is 5.50. The standard InChI is InChI=1S/C11H22N2O/c1-9-4-3-6-13(7-5-9)11(14)10(2)8-12/h9-10H,3-8,12H2,1-2H3. The average molecular weight is 198 g/mol. The first-order valence-electron chi connectivity index (χ1n) is 5.64. The van der Waals surface area contributed by atoms with Crippen molar-refractivity contribution in [1.82, 2.24) is 4.90 Å².